The van der Waals surface area contributed by atoms with Gasteiger partial charge in [-0.1, -0.05) is 57.2 Å². The molecule has 1 heterocycles. The summed E-state index contributed by atoms with van der Waals surface area (Å²) in [6.07, 6.45) is 4.44. The van der Waals surface area contributed by atoms with Crippen molar-refractivity contribution < 1.29 is 4.79 Å². The van der Waals surface area contributed by atoms with Crippen molar-refractivity contribution in [3.63, 3.8) is 0 Å². The molecule has 0 saturated carbocycles. The van der Waals surface area contributed by atoms with Gasteiger partial charge in [0.25, 0.3) is 0 Å². The average molecular weight is 391 g/mol. The molecule has 0 N–H and O–H groups in total. The van der Waals surface area contributed by atoms with Gasteiger partial charge in [-0.25, -0.2) is 9.67 Å². The van der Waals surface area contributed by atoms with Crippen molar-refractivity contribution in [2.45, 2.75) is 52.0 Å². The number of rotatable bonds is 6. The number of nitrogens with zero attached hydrogens (tertiary/aromatic N) is 4. The van der Waals surface area contributed by atoms with Gasteiger partial charge < -0.3 is 4.90 Å². The minimum Gasteiger partial charge on any atom is -0.339 e. The highest BCUT2D eigenvalue weighted by molar-refractivity contribution is 5.76. The number of aryl methyl sites for hydroxylation is 1. The number of hydrogen-bond acceptors (Lipinski definition) is 3. The molecule has 29 heavy (non-hydrogen) atoms. The van der Waals surface area contributed by atoms with E-state index in [0.717, 1.165) is 17.7 Å². The van der Waals surface area contributed by atoms with Gasteiger partial charge in [-0.05, 0) is 47.6 Å². The van der Waals surface area contributed by atoms with E-state index in [-0.39, 0.29) is 17.4 Å². The predicted molar refractivity (Wildman–Crippen MR) is 116 cm³/mol. The zero-order valence-corrected chi connectivity index (χ0v) is 18.0. The van der Waals surface area contributed by atoms with Crippen LogP contribution in [0.5, 0.6) is 0 Å². The van der Waals surface area contributed by atoms with Crippen LogP contribution in [0.3, 0.4) is 0 Å². The molecule has 152 valence electrons. The standard InChI is InChI=1S/C24H30N4O/c1-18(20-9-13-22(14-10-20)28-17-25-16-26-28)27(5)23(29)15-8-19-6-11-21(12-7-19)24(2,3)4/h6-7,9-14,16-18H,8,15H2,1-5H3/t18-/m1/s1. The number of benzene rings is 2. The van der Waals surface area contributed by atoms with Crippen LogP contribution in [0.4, 0.5) is 0 Å². The van der Waals surface area contributed by atoms with Crippen LogP contribution in [0.15, 0.2) is 61.2 Å². The molecule has 0 aliphatic heterocycles. The molecule has 0 spiro atoms. The number of amides is 1. The normalized spacial score (nSPS) is 12.6. The van der Waals surface area contributed by atoms with Gasteiger partial charge in [-0.15, -0.1) is 0 Å². The predicted octanol–water partition coefficient (Wildman–Crippen LogP) is 4.72. The van der Waals surface area contributed by atoms with Crippen molar-refractivity contribution in [2.24, 2.45) is 0 Å². The molecular formula is C24H30N4O. The minimum absolute atomic E-state index is 0.00978. The molecule has 0 radical (unpaired) electrons. The summed E-state index contributed by atoms with van der Waals surface area (Å²) in [6, 6.07) is 16.7. The first-order chi connectivity index (χ1) is 13.8. The second-order valence-corrected chi connectivity index (χ2v) is 8.56. The van der Waals surface area contributed by atoms with Gasteiger partial charge in [0.15, 0.2) is 0 Å². The summed E-state index contributed by atoms with van der Waals surface area (Å²) in [5, 5.41) is 4.14. The summed E-state index contributed by atoms with van der Waals surface area (Å²) in [6.45, 7) is 8.68. The zero-order chi connectivity index (χ0) is 21.0. The third-order valence-corrected chi connectivity index (χ3v) is 5.48. The van der Waals surface area contributed by atoms with Crippen molar-refractivity contribution >= 4 is 5.91 Å². The minimum atomic E-state index is 0.00978. The fourth-order valence-corrected chi connectivity index (χ4v) is 3.29. The van der Waals surface area contributed by atoms with E-state index in [9.17, 15) is 4.79 Å². The molecule has 0 aliphatic rings. The average Bonchev–Trinajstić information content (AvgIpc) is 3.25. The third-order valence-electron chi connectivity index (χ3n) is 5.48. The van der Waals surface area contributed by atoms with Crippen molar-refractivity contribution in [3.8, 4) is 5.69 Å². The Kier molecular flexibility index (Phi) is 6.16. The Morgan fingerprint density at radius 2 is 1.72 bits per heavy atom. The monoisotopic (exact) mass is 390 g/mol. The van der Waals surface area contributed by atoms with E-state index >= 15 is 0 Å². The molecule has 0 fully saturated rings. The topological polar surface area (TPSA) is 51.0 Å². The summed E-state index contributed by atoms with van der Waals surface area (Å²) in [4.78, 5) is 18.5. The van der Waals surface area contributed by atoms with Crippen LogP contribution in [-0.4, -0.2) is 32.6 Å². The number of aromatic nitrogens is 3. The van der Waals surface area contributed by atoms with E-state index in [1.54, 1.807) is 11.0 Å². The molecule has 0 unspecified atom stereocenters. The summed E-state index contributed by atoms with van der Waals surface area (Å²) in [7, 11) is 1.88. The lowest BCUT2D eigenvalue weighted by molar-refractivity contribution is -0.131. The molecule has 3 rings (SSSR count). The molecule has 2 aromatic carbocycles. The second-order valence-electron chi connectivity index (χ2n) is 8.56. The van der Waals surface area contributed by atoms with Crippen LogP contribution in [-0.2, 0) is 16.6 Å². The maximum Gasteiger partial charge on any atom is 0.223 e. The highest BCUT2D eigenvalue weighted by atomic mass is 16.2. The molecule has 0 aliphatic carbocycles. The van der Waals surface area contributed by atoms with Crippen LogP contribution in [0.2, 0.25) is 0 Å². The largest absolute Gasteiger partial charge is 0.339 e. The van der Waals surface area contributed by atoms with Gasteiger partial charge in [-0.3, -0.25) is 4.79 Å². The van der Waals surface area contributed by atoms with Gasteiger partial charge in [0.05, 0.1) is 11.7 Å². The van der Waals surface area contributed by atoms with E-state index in [4.69, 9.17) is 0 Å². The Balaban J connectivity index is 1.58. The van der Waals surface area contributed by atoms with Crippen LogP contribution in [0.1, 0.15) is 56.8 Å². The van der Waals surface area contributed by atoms with Gasteiger partial charge in [-0.2, -0.15) is 5.10 Å². The lowest BCUT2D eigenvalue weighted by Crippen LogP contribution is -2.29. The molecule has 1 aromatic heterocycles. The van der Waals surface area contributed by atoms with E-state index < -0.39 is 0 Å². The van der Waals surface area contributed by atoms with Crippen molar-refractivity contribution in [2.75, 3.05) is 7.05 Å². The van der Waals surface area contributed by atoms with E-state index in [1.165, 1.54) is 17.5 Å². The van der Waals surface area contributed by atoms with Crippen molar-refractivity contribution in [1.82, 2.24) is 19.7 Å². The first-order valence-electron chi connectivity index (χ1n) is 10.1. The van der Waals surface area contributed by atoms with E-state index in [1.807, 2.05) is 36.2 Å². The Morgan fingerprint density at radius 1 is 1.07 bits per heavy atom. The fraction of sp³-hybridized carbons (Fsp3) is 0.375. The van der Waals surface area contributed by atoms with Crippen LogP contribution < -0.4 is 0 Å². The Labute approximate surface area is 173 Å². The Hall–Kier alpha value is -2.95. The number of carbonyl (C=O) groups excluding carboxylic acids is 1. The number of hydrogen-bond donors (Lipinski definition) is 0. The summed E-state index contributed by atoms with van der Waals surface area (Å²) >= 11 is 0. The number of carbonyl (C=O) groups is 1. The van der Waals surface area contributed by atoms with Gasteiger partial charge in [0.1, 0.15) is 12.7 Å². The quantitative estimate of drug-likeness (QED) is 0.612. The van der Waals surface area contributed by atoms with E-state index in [2.05, 4.69) is 62.0 Å². The summed E-state index contributed by atoms with van der Waals surface area (Å²) < 4.78 is 1.72. The first kappa shape index (κ1) is 20.8. The highest BCUT2D eigenvalue weighted by Gasteiger charge is 2.18. The Bertz CT molecular complexity index is 923. The third kappa shape index (κ3) is 5.11. The maximum absolute atomic E-state index is 12.7. The Morgan fingerprint density at radius 3 is 2.28 bits per heavy atom. The lowest BCUT2D eigenvalue weighted by Gasteiger charge is -2.26. The summed E-state index contributed by atoms with van der Waals surface area (Å²) in [5.74, 6) is 0.151. The van der Waals surface area contributed by atoms with Crippen molar-refractivity contribution in [1.29, 1.82) is 0 Å². The van der Waals surface area contributed by atoms with Crippen LogP contribution in [0, 0.1) is 0 Å². The fourth-order valence-electron chi connectivity index (χ4n) is 3.29. The molecule has 1 amide bonds. The highest BCUT2D eigenvalue weighted by Crippen LogP contribution is 2.24. The second kappa shape index (κ2) is 8.60. The van der Waals surface area contributed by atoms with E-state index in [0.29, 0.717) is 6.42 Å². The molecule has 0 saturated heterocycles. The SMILES string of the molecule is C[C@H](c1ccc(-n2cncn2)cc1)N(C)C(=O)CCc1ccc(C(C)(C)C)cc1. The molecule has 1 atom stereocenters. The lowest BCUT2D eigenvalue weighted by atomic mass is 9.86. The smallest absolute Gasteiger partial charge is 0.223 e. The summed E-state index contributed by atoms with van der Waals surface area (Å²) in [5.41, 5.74) is 4.70. The van der Waals surface area contributed by atoms with Crippen molar-refractivity contribution in [3.05, 3.63) is 77.9 Å². The van der Waals surface area contributed by atoms with Gasteiger partial charge in [0, 0.05) is 13.5 Å². The molecule has 0 bridgehead atoms. The maximum atomic E-state index is 12.7. The van der Waals surface area contributed by atoms with Crippen LogP contribution >= 0.6 is 0 Å². The molecular weight excluding hydrogens is 360 g/mol. The molecule has 5 heteroatoms. The van der Waals surface area contributed by atoms with Gasteiger partial charge >= 0.3 is 0 Å². The zero-order valence-electron chi connectivity index (χ0n) is 18.0. The molecule has 5 nitrogen and oxygen atoms in total. The first-order valence-corrected chi connectivity index (χ1v) is 10.1. The molecule has 3 aromatic rings. The van der Waals surface area contributed by atoms with Gasteiger partial charge in [0.2, 0.25) is 5.91 Å². The van der Waals surface area contributed by atoms with Crippen LogP contribution in [0.25, 0.3) is 5.69 Å².